The molecule has 0 spiro atoms. The summed E-state index contributed by atoms with van der Waals surface area (Å²) in [7, 11) is 0. The Morgan fingerprint density at radius 2 is 2.29 bits per heavy atom. The lowest BCUT2D eigenvalue weighted by atomic mass is 10.2. The first kappa shape index (κ1) is 14.3. The number of hydrogen-bond donors (Lipinski definition) is 1. The number of benzene rings is 1. The normalized spacial score (nSPS) is 12.4. The van der Waals surface area contributed by atoms with Gasteiger partial charge in [0.1, 0.15) is 11.1 Å². The van der Waals surface area contributed by atoms with Crippen molar-refractivity contribution in [3.8, 4) is 0 Å². The van der Waals surface area contributed by atoms with Gasteiger partial charge in [0, 0.05) is 4.90 Å². The predicted molar refractivity (Wildman–Crippen MR) is 68.2 cm³/mol. The van der Waals surface area contributed by atoms with Gasteiger partial charge in [-0.05, 0) is 24.6 Å². The minimum absolute atomic E-state index is 0.0228. The van der Waals surface area contributed by atoms with Crippen LogP contribution < -0.4 is 0 Å². The predicted octanol–water partition coefficient (Wildman–Crippen LogP) is 4.21. The summed E-state index contributed by atoms with van der Waals surface area (Å²) in [5.74, 6) is -1.33. The molecule has 0 radical (unpaired) electrons. The molecule has 1 rings (SSSR count). The molecular weight excluding hydrogens is 263 g/mol. The van der Waals surface area contributed by atoms with Gasteiger partial charge >= 0.3 is 5.97 Å². The number of carbonyl (C=O) groups is 1. The minimum atomic E-state index is -0.844. The molecule has 5 heteroatoms. The van der Waals surface area contributed by atoms with E-state index in [4.69, 9.17) is 16.7 Å². The van der Waals surface area contributed by atoms with Gasteiger partial charge in [-0.3, -0.25) is 4.79 Å². The van der Waals surface area contributed by atoms with E-state index in [0.29, 0.717) is 11.3 Å². The molecule has 94 valence electrons. The van der Waals surface area contributed by atoms with Gasteiger partial charge in [0.05, 0.1) is 5.02 Å². The number of aliphatic carboxylic acids is 1. The molecule has 0 bridgehead atoms. The summed E-state index contributed by atoms with van der Waals surface area (Å²) in [5, 5.41) is 8.58. The molecule has 0 heterocycles. The molecule has 0 saturated heterocycles. The first-order chi connectivity index (χ1) is 8.04. The third-order valence-corrected chi connectivity index (χ3v) is 3.80. The first-order valence-electron chi connectivity index (χ1n) is 5.39. The summed E-state index contributed by atoms with van der Waals surface area (Å²) >= 11 is 6.85. The van der Waals surface area contributed by atoms with E-state index >= 15 is 0 Å². The highest BCUT2D eigenvalue weighted by Gasteiger charge is 2.18. The lowest BCUT2D eigenvalue weighted by molar-refractivity contribution is -0.136. The molecule has 0 aliphatic heterocycles. The molecule has 17 heavy (non-hydrogen) atoms. The molecule has 0 fully saturated rings. The van der Waals surface area contributed by atoms with E-state index in [0.717, 1.165) is 12.8 Å². The second-order valence-corrected chi connectivity index (χ2v) is 5.35. The highest BCUT2D eigenvalue weighted by Crippen LogP contribution is 2.29. The van der Waals surface area contributed by atoms with E-state index in [9.17, 15) is 9.18 Å². The standard InChI is InChI=1S/C12H14ClFO2S/c1-2-3-4-11(12(15)16)17-8-5-6-10(14)9(13)7-8/h5-7,11H,2-4H2,1H3,(H,15,16). The maximum Gasteiger partial charge on any atom is 0.316 e. The summed E-state index contributed by atoms with van der Waals surface area (Å²) < 4.78 is 12.9. The molecule has 0 aliphatic rings. The van der Waals surface area contributed by atoms with Gasteiger partial charge in [0.2, 0.25) is 0 Å². The van der Waals surface area contributed by atoms with Crippen LogP contribution in [-0.4, -0.2) is 16.3 Å². The Bertz CT molecular complexity index is 398. The maximum absolute atomic E-state index is 12.9. The number of hydrogen-bond acceptors (Lipinski definition) is 2. The van der Waals surface area contributed by atoms with Crippen LogP contribution in [0, 0.1) is 5.82 Å². The molecule has 1 aromatic rings. The van der Waals surface area contributed by atoms with Crippen LogP contribution in [0.5, 0.6) is 0 Å². The second-order valence-electron chi connectivity index (χ2n) is 3.66. The van der Waals surface area contributed by atoms with Crippen molar-refractivity contribution in [2.45, 2.75) is 36.3 Å². The van der Waals surface area contributed by atoms with Gasteiger partial charge in [-0.25, -0.2) is 4.39 Å². The van der Waals surface area contributed by atoms with Crippen LogP contribution >= 0.6 is 23.4 Å². The Morgan fingerprint density at radius 3 is 2.82 bits per heavy atom. The van der Waals surface area contributed by atoms with Crippen molar-refractivity contribution >= 4 is 29.3 Å². The van der Waals surface area contributed by atoms with Crippen LogP contribution in [-0.2, 0) is 4.79 Å². The molecule has 0 aliphatic carbocycles. The average Bonchev–Trinajstić information content (AvgIpc) is 2.28. The molecule has 0 aromatic heterocycles. The van der Waals surface area contributed by atoms with E-state index in [1.54, 1.807) is 6.07 Å². The summed E-state index contributed by atoms with van der Waals surface area (Å²) in [4.78, 5) is 11.7. The van der Waals surface area contributed by atoms with Crippen molar-refractivity contribution in [1.29, 1.82) is 0 Å². The number of halogens is 2. The number of rotatable bonds is 6. The smallest absolute Gasteiger partial charge is 0.316 e. The van der Waals surface area contributed by atoms with Crippen molar-refractivity contribution in [3.05, 3.63) is 29.0 Å². The molecule has 1 aromatic carbocycles. The maximum atomic E-state index is 12.9. The van der Waals surface area contributed by atoms with E-state index < -0.39 is 17.0 Å². The molecule has 0 saturated carbocycles. The van der Waals surface area contributed by atoms with E-state index in [1.165, 1.54) is 23.9 Å². The highest BCUT2D eigenvalue weighted by molar-refractivity contribution is 8.00. The first-order valence-corrected chi connectivity index (χ1v) is 6.65. The zero-order valence-corrected chi connectivity index (χ0v) is 11.0. The fraction of sp³-hybridized carbons (Fsp3) is 0.417. The molecular formula is C12H14ClFO2S. The van der Waals surface area contributed by atoms with Crippen molar-refractivity contribution in [1.82, 2.24) is 0 Å². The third kappa shape index (κ3) is 4.56. The Morgan fingerprint density at radius 1 is 1.59 bits per heavy atom. The Balaban J connectivity index is 2.71. The molecule has 1 N–H and O–H groups in total. The summed E-state index contributed by atoms with van der Waals surface area (Å²) in [6, 6.07) is 4.26. The van der Waals surface area contributed by atoms with Gasteiger partial charge in [0.15, 0.2) is 0 Å². The summed E-state index contributed by atoms with van der Waals surface area (Å²) in [6.07, 6.45) is 2.42. The van der Waals surface area contributed by atoms with Crippen LogP contribution in [0.3, 0.4) is 0 Å². The lowest BCUT2D eigenvalue weighted by Crippen LogP contribution is -2.15. The third-order valence-electron chi connectivity index (χ3n) is 2.26. The highest BCUT2D eigenvalue weighted by atomic mass is 35.5. The van der Waals surface area contributed by atoms with Crippen molar-refractivity contribution in [2.75, 3.05) is 0 Å². The largest absolute Gasteiger partial charge is 0.480 e. The summed E-state index contributed by atoms with van der Waals surface area (Å²) in [6.45, 7) is 2.01. The van der Waals surface area contributed by atoms with Crippen LogP contribution in [0.4, 0.5) is 4.39 Å². The molecule has 1 atom stereocenters. The number of thioether (sulfide) groups is 1. The zero-order valence-electron chi connectivity index (χ0n) is 9.45. The quantitative estimate of drug-likeness (QED) is 0.791. The topological polar surface area (TPSA) is 37.3 Å². The Kier molecular flexibility index (Phi) is 5.78. The lowest BCUT2D eigenvalue weighted by Gasteiger charge is -2.11. The Hall–Kier alpha value is -0.740. The number of carboxylic acids is 1. The monoisotopic (exact) mass is 276 g/mol. The fourth-order valence-electron chi connectivity index (χ4n) is 1.34. The van der Waals surface area contributed by atoms with Crippen LogP contribution in [0.25, 0.3) is 0 Å². The molecule has 2 nitrogen and oxygen atoms in total. The van der Waals surface area contributed by atoms with Crippen molar-refractivity contribution < 1.29 is 14.3 Å². The average molecular weight is 277 g/mol. The van der Waals surface area contributed by atoms with Gasteiger partial charge in [0.25, 0.3) is 0 Å². The van der Waals surface area contributed by atoms with Crippen LogP contribution in [0.1, 0.15) is 26.2 Å². The van der Waals surface area contributed by atoms with Crippen molar-refractivity contribution in [2.24, 2.45) is 0 Å². The Labute approximate surface area is 109 Å². The van der Waals surface area contributed by atoms with Crippen LogP contribution in [0.2, 0.25) is 5.02 Å². The number of carboxylic acid groups (broad SMARTS) is 1. The van der Waals surface area contributed by atoms with Gasteiger partial charge in [-0.2, -0.15) is 0 Å². The SMILES string of the molecule is CCCCC(Sc1ccc(F)c(Cl)c1)C(=O)O. The second kappa shape index (κ2) is 6.87. The minimum Gasteiger partial charge on any atom is -0.480 e. The van der Waals surface area contributed by atoms with Crippen molar-refractivity contribution in [3.63, 3.8) is 0 Å². The number of unbranched alkanes of at least 4 members (excludes halogenated alkanes) is 1. The van der Waals surface area contributed by atoms with E-state index in [1.807, 2.05) is 6.92 Å². The molecule has 1 unspecified atom stereocenters. The van der Waals surface area contributed by atoms with E-state index in [-0.39, 0.29) is 5.02 Å². The van der Waals surface area contributed by atoms with Gasteiger partial charge in [-0.15, -0.1) is 11.8 Å². The zero-order chi connectivity index (χ0) is 12.8. The molecule has 0 amide bonds. The van der Waals surface area contributed by atoms with E-state index in [2.05, 4.69) is 0 Å². The fourth-order valence-corrected chi connectivity index (χ4v) is 2.63. The van der Waals surface area contributed by atoms with Crippen LogP contribution in [0.15, 0.2) is 23.1 Å². The van der Waals surface area contributed by atoms with Gasteiger partial charge in [-0.1, -0.05) is 31.4 Å². The summed E-state index contributed by atoms with van der Waals surface area (Å²) in [5.41, 5.74) is 0. The van der Waals surface area contributed by atoms with Gasteiger partial charge < -0.3 is 5.11 Å².